The summed E-state index contributed by atoms with van der Waals surface area (Å²) in [7, 11) is 3.24. The largest absolute Gasteiger partial charge is 0.497 e. The Kier molecular flexibility index (Phi) is 6.20. The number of benzene rings is 1. The van der Waals surface area contributed by atoms with Crippen molar-refractivity contribution in [3.05, 3.63) is 18.2 Å². The molecular weight excluding hydrogens is 357 g/mol. The zero-order valence-corrected chi connectivity index (χ0v) is 13.5. The van der Waals surface area contributed by atoms with Gasteiger partial charge in [0.05, 0.1) is 19.9 Å². The van der Waals surface area contributed by atoms with Gasteiger partial charge in [-0.1, -0.05) is 0 Å². The quantitative estimate of drug-likeness (QED) is 0.470. The van der Waals surface area contributed by atoms with Gasteiger partial charge < -0.3 is 20.5 Å². The van der Waals surface area contributed by atoms with Crippen LogP contribution in [0.4, 0.5) is 5.69 Å². The van der Waals surface area contributed by atoms with Gasteiger partial charge in [0, 0.05) is 12.6 Å². The molecule has 0 radical (unpaired) electrons. The highest BCUT2D eigenvalue weighted by atomic mass is 127. The van der Waals surface area contributed by atoms with E-state index in [4.69, 9.17) is 15.2 Å². The maximum absolute atomic E-state index is 5.84. The van der Waals surface area contributed by atoms with Crippen LogP contribution in [-0.2, 0) is 0 Å². The van der Waals surface area contributed by atoms with Crippen molar-refractivity contribution in [2.24, 2.45) is 16.6 Å². The van der Waals surface area contributed by atoms with Gasteiger partial charge in [-0.05, 0) is 30.9 Å². The maximum Gasteiger partial charge on any atom is 0.193 e. The first-order valence-corrected chi connectivity index (χ1v) is 6.02. The number of ether oxygens (including phenoxy) is 2. The molecular formula is C13H20IN3O2. The van der Waals surface area contributed by atoms with E-state index in [0.29, 0.717) is 11.7 Å². The number of rotatable bonds is 5. The third-order valence-electron chi connectivity index (χ3n) is 2.89. The van der Waals surface area contributed by atoms with E-state index < -0.39 is 0 Å². The molecule has 3 N–H and O–H groups in total. The van der Waals surface area contributed by atoms with Crippen LogP contribution in [0.2, 0.25) is 0 Å². The molecule has 19 heavy (non-hydrogen) atoms. The topological polar surface area (TPSA) is 68.9 Å². The lowest BCUT2D eigenvalue weighted by atomic mass is 10.2. The summed E-state index contributed by atoms with van der Waals surface area (Å²) in [6, 6.07) is 5.50. The molecule has 2 rings (SSSR count). The minimum absolute atomic E-state index is 0. The summed E-state index contributed by atoms with van der Waals surface area (Å²) in [5.74, 6) is 2.58. The molecule has 1 aromatic carbocycles. The number of nitrogens with zero attached hydrogens (tertiary/aromatic N) is 1. The fourth-order valence-electron chi connectivity index (χ4n) is 1.62. The van der Waals surface area contributed by atoms with E-state index in [9.17, 15) is 0 Å². The van der Waals surface area contributed by atoms with Gasteiger partial charge in [-0.25, -0.2) is 0 Å². The summed E-state index contributed by atoms with van der Waals surface area (Å²) in [5, 5.41) is 3.04. The summed E-state index contributed by atoms with van der Waals surface area (Å²) in [4.78, 5) is 4.30. The van der Waals surface area contributed by atoms with Crippen molar-refractivity contribution in [1.82, 2.24) is 0 Å². The highest BCUT2D eigenvalue weighted by Gasteiger charge is 2.20. The number of hydrogen-bond donors (Lipinski definition) is 2. The zero-order valence-electron chi connectivity index (χ0n) is 11.2. The second-order valence-corrected chi connectivity index (χ2v) is 4.36. The summed E-state index contributed by atoms with van der Waals surface area (Å²) < 4.78 is 10.4. The molecule has 0 spiro atoms. The van der Waals surface area contributed by atoms with Crippen molar-refractivity contribution in [2.45, 2.75) is 12.8 Å². The van der Waals surface area contributed by atoms with Gasteiger partial charge in [0.1, 0.15) is 11.5 Å². The first-order valence-electron chi connectivity index (χ1n) is 6.02. The third kappa shape index (κ3) is 4.77. The Hall–Kier alpha value is -1.18. The standard InChI is InChI=1S/C13H19N3O2.HI/c1-17-10-5-6-12(18-2)11(7-10)16-13(14)15-8-9-3-4-9;/h5-7,9H,3-4,8H2,1-2H3,(H3,14,15,16);1H. The monoisotopic (exact) mass is 377 g/mol. The Labute approximate surface area is 130 Å². The highest BCUT2D eigenvalue weighted by Crippen LogP contribution is 2.30. The van der Waals surface area contributed by atoms with Crippen LogP contribution in [0, 0.1) is 5.92 Å². The van der Waals surface area contributed by atoms with E-state index in [1.807, 2.05) is 18.2 Å². The minimum atomic E-state index is 0. The van der Waals surface area contributed by atoms with Crippen LogP contribution in [0.1, 0.15) is 12.8 Å². The SMILES string of the molecule is COc1ccc(OC)c(NC(N)=NCC2CC2)c1.I. The van der Waals surface area contributed by atoms with Crippen LogP contribution in [-0.4, -0.2) is 26.7 Å². The molecule has 0 heterocycles. The van der Waals surface area contributed by atoms with Crippen LogP contribution >= 0.6 is 24.0 Å². The first kappa shape index (κ1) is 15.9. The van der Waals surface area contributed by atoms with E-state index in [1.165, 1.54) is 12.8 Å². The lowest BCUT2D eigenvalue weighted by Crippen LogP contribution is -2.23. The van der Waals surface area contributed by atoms with Crippen molar-refractivity contribution in [1.29, 1.82) is 0 Å². The third-order valence-corrected chi connectivity index (χ3v) is 2.89. The molecule has 0 aromatic heterocycles. The molecule has 1 aliphatic rings. The molecule has 1 saturated carbocycles. The highest BCUT2D eigenvalue weighted by molar-refractivity contribution is 14.0. The van der Waals surface area contributed by atoms with Gasteiger partial charge in [0.2, 0.25) is 0 Å². The molecule has 0 aliphatic heterocycles. The van der Waals surface area contributed by atoms with Crippen molar-refractivity contribution in [3.63, 3.8) is 0 Å². The summed E-state index contributed by atoms with van der Waals surface area (Å²) in [6.07, 6.45) is 2.53. The Morgan fingerprint density at radius 1 is 1.37 bits per heavy atom. The summed E-state index contributed by atoms with van der Waals surface area (Å²) in [6.45, 7) is 0.797. The van der Waals surface area contributed by atoms with E-state index in [2.05, 4.69) is 10.3 Å². The van der Waals surface area contributed by atoms with E-state index >= 15 is 0 Å². The summed E-state index contributed by atoms with van der Waals surface area (Å²) >= 11 is 0. The Morgan fingerprint density at radius 3 is 2.68 bits per heavy atom. The molecule has 6 heteroatoms. The van der Waals surface area contributed by atoms with E-state index in [1.54, 1.807) is 14.2 Å². The van der Waals surface area contributed by atoms with E-state index in [-0.39, 0.29) is 24.0 Å². The van der Waals surface area contributed by atoms with Gasteiger partial charge in [0.25, 0.3) is 0 Å². The molecule has 1 aliphatic carbocycles. The smallest absolute Gasteiger partial charge is 0.193 e. The maximum atomic E-state index is 5.84. The van der Waals surface area contributed by atoms with Crippen molar-refractivity contribution in [3.8, 4) is 11.5 Å². The van der Waals surface area contributed by atoms with Crippen LogP contribution in [0.5, 0.6) is 11.5 Å². The number of hydrogen-bond acceptors (Lipinski definition) is 3. The van der Waals surface area contributed by atoms with Crippen LogP contribution in [0.25, 0.3) is 0 Å². The molecule has 0 amide bonds. The van der Waals surface area contributed by atoms with Gasteiger partial charge in [-0.15, -0.1) is 24.0 Å². The van der Waals surface area contributed by atoms with Gasteiger partial charge in [-0.2, -0.15) is 0 Å². The number of methoxy groups -OCH3 is 2. The number of halogens is 1. The molecule has 0 saturated heterocycles. The number of nitrogens with one attached hydrogen (secondary N) is 1. The van der Waals surface area contributed by atoms with Gasteiger partial charge in [-0.3, -0.25) is 4.99 Å². The fourth-order valence-corrected chi connectivity index (χ4v) is 1.62. The van der Waals surface area contributed by atoms with Crippen molar-refractivity contribution >= 4 is 35.6 Å². The average molecular weight is 377 g/mol. The lowest BCUT2D eigenvalue weighted by Gasteiger charge is -2.12. The molecule has 106 valence electrons. The van der Waals surface area contributed by atoms with Crippen LogP contribution in [0.15, 0.2) is 23.2 Å². The Morgan fingerprint density at radius 2 is 2.11 bits per heavy atom. The predicted molar refractivity (Wildman–Crippen MR) is 87.8 cm³/mol. The molecule has 5 nitrogen and oxygen atoms in total. The Bertz CT molecular complexity index is 448. The van der Waals surface area contributed by atoms with Crippen LogP contribution < -0.4 is 20.5 Å². The molecule has 1 aromatic rings. The van der Waals surface area contributed by atoms with Crippen molar-refractivity contribution in [2.75, 3.05) is 26.1 Å². The molecule has 0 atom stereocenters. The van der Waals surface area contributed by atoms with Gasteiger partial charge >= 0.3 is 0 Å². The summed E-state index contributed by atoms with van der Waals surface area (Å²) in [5.41, 5.74) is 6.60. The Balaban J connectivity index is 0.00000180. The molecule has 1 fully saturated rings. The first-order chi connectivity index (χ1) is 8.72. The zero-order chi connectivity index (χ0) is 13.0. The second-order valence-electron chi connectivity index (χ2n) is 4.36. The second kappa shape index (κ2) is 7.42. The normalized spacial score (nSPS) is 14.5. The van der Waals surface area contributed by atoms with Crippen molar-refractivity contribution < 1.29 is 9.47 Å². The fraction of sp³-hybridized carbons (Fsp3) is 0.462. The lowest BCUT2D eigenvalue weighted by molar-refractivity contribution is 0.405. The minimum Gasteiger partial charge on any atom is -0.497 e. The average Bonchev–Trinajstić information content (AvgIpc) is 3.20. The molecule has 0 unspecified atom stereocenters. The van der Waals surface area contributed by atoms with Gasteiger partial charge in [0.15, 0.2) is 5.96 Å². The molecule has 0 bridgehead atoms. The van der Waals surface area contributed by atoms with E-state index in [0.717, 1.165) is 23.9 Å². The number of nitrogens with two attached hydrogens (primary N) is 1. The number of guanidine groups is 1. The predicted octanol–water partition coefficient (Wildman–Crippen LogP) is 2.46. The number of aliphatic imine (C=N–C) groups is 1. The van der Waals surface area contributed by atoms with Crippen LogP contribution in [0.3, 0.4) is 0 Å². The number of anilines is 1.